The van der Waals surface area contributed by atoms with Gasteiger partial charge in [-0.05, 0) is 81.0 Å². The first-order chi connectivity index (χ1) is 9.59. The summed E-state index contributed by atoms with van der Waals surface area (Å²) >= 11 is 0. The van der Waals surface area contributed by atoms with Crippen molar-refractivity contribution in [2.45, 2.75) is 70.8 Å². The lowest BCUT2D eigenvalue weighted by molar-refractivity contribution is -0.133. The fourth-order valence-corrected chi connectivity index (χ4v) is 6.60. The first-order valence-electron chi connectivity index (χ1n) is 8.81. The van der Waals surface area contributed by atoms with Gasteiger partial charge in [-0.15, -0.1) is 0 Å². The lowest BCUT2D eigenvalue weighted by atomic mass is 9.50. The molecule has 0 aromatic carbocycles. The molecule has 2 heteroatoms. The van der Waals surface area contributed by atoms with Crippen LogP contribution in [0.15, 0.2) is 0 Å². The fraction of sp³-hybridized carbons (Fsp3) is 0.944. The molecular formula is C18H28O2. The molecule has 0 aliphatic heterocycles. The second-order valence-corrected chi connectivity index (χ2v) is 8.32. The molecule has 0 bridgehead atoms. The molecule has 20 heavy (non-hydrogen) atoms. The first-order valence-corrected chi connectivity index (χ1v) is 8.81. The molecule has 112 valence electrons. The molecular weight excluding hydrogens is 248 g/mol. The number of rotatable bonds is 0. The summed E-state index contributed by atoms with van der Waals surface area (Å²) in [4.78, 5) is 12.3. The van der Waals surface area contributed by atoms with Crippen molar-refractivity contribution < 1.29 is 9.90 Å². The van der Waals surface area contributed by atoms with Gasteiger partial charge in [0.15, 0.2) is 0 Å². The van der Waals surface area contributed by atoms with Crippen molar-refractivity contribution in [1.29, 1.82) is 0 Å². The molecule has 1 unspecified atom stereocenters. The zero-order valence-electron chi connectivity index (χ0n) is 12.7. The smallest absolute Gasteiger partial charge is 0.139 e. The van der Waals surface area contributed by atoms with Gasteiger partial charge in [-0.3, -0.25) is 4.79 Å². The molecule has 0 amide bonds. The zero-order valence-corrected chi connectivity index (χ0v) is 12.7. The number of Topliss-reactive ketones (excluding diaryl/α,β-unsaturated/α-hetero) is 1. The van der Waals surface area contributed by atoms with E-state index in [1.165, 1.54) is 25.7 Å². The Balaban J connectivity index is 1.58. The summed E-state index contributed by atoms with van der Waals surface area (Å²) in [6.07, 6.45) is 10.3. The Morgan fingerprint density at radius 3 is 2.65 bits per heavy atom. The predicted octanol–water partition coefficient (Wildman–Crippen LogP) is 3.57. The molecule has 4 fully saturated rings. The summed E-state index contributed by atoms with van der Waals surface area (Å²) in [6.45, 7) is 2.26. The highest BCUT2D eigenvalue weighted by Crippen LogP contribution is 2.61. The van der Waals surface area contributed by atoms with E-state index in [0.717, 1.165) is 55.8 Å². The first kappa shape index (κ1) is 13.3. The highest BCUT2D eigenvalue weighted by atomic mass is 16.3. The molecule has 0 radical (unpaired) electrons. The lowest BCUT2D eigenvalue weighted by Crippen LogP contribution is -2.49. The van der Waals surface area contributed by atoms with Crippen LogP contribution in [0.1, 0.15) is 64.7 Å². The van der Waals surface area contributed by atoms with Crippen LogP contribution in [-0.2, 0) is 4.79 Å². The lowest BCUT2D eigenvalue weighted by Gasteiger charge is -2.54. The van der Waals surface area contributed by atoms with E-state index >= 15 is 0 Å². The van der Waals surface area contributed by atoms with Gasteiger partial charge >= 0.3 is 0 Å². The van der Waals surface area contributed by atoms with Crippen LogP contribution < -0.4 is 0 Å². The van der Waals surface area contributed by atoms with Crippen LogP contribution in [0.2, 0.25) is 0 Å². The molecule has 2 nitrogen and oxygen atoms in total. The topological polar surface area (TPSA) is 37.3 Å². The number of ketones is 1. The largest absolute Gasteiger partial charge is 0.393 e. The van der Waals surface area contributed by atoms with Gasteiger partial charge in [0, 0.05) is 11.8 Å². The molecule has 4 rings (SSSR count). The number of aliphatic hydroxyl groups is 1. The van der Waals surface area contributed by atoms with Crippen LogP contribution in [0.4, 0.5) is 0 Å². The molecule has 4 saturated carbocycles. The van der Waals surface area contributed by atoms with Crippen LogP contribution in [0.25, 0.3) is 0 Å². The van der Waals surface area contributed by atoms with Crippen molar-refractivity contribution in [1.82, 2.24) is 0 Å². The van der Waals surface area contributed by atoms with E-state index in [-0.39, 0.29) is 11.5 Å². The van der Waals surface area contributed by atoms with Gasteiger partial charge in [0.1, 0.15) is 5.78 Å². The fourth-order valence-electron chi connectivity index (χ4n) is 6.60. The van der Waals surface area contributed by atoms with Crippen molar-refractivity contribution in [3.05, 3.63) is 0 Å². The number of fused-ring (bicyclic) bond motifs is 5. The number of hydrogen-bond acceptors (Lipinski definition) is 2. The van der Waals surface area contributed by atoms with Gasteiger partial charge in [0.25, 0.3) is 0 Å². The number of aliphatic hydroxyl groups excluding tert-OH is 1. The molecule has 0 aromatic heterocycles. The Morgan fingerprint density at radius 1 is 1.00 bits per heavy atom. The van der Waals surface area contributed by atoms with Gasteiger partial charge in [0.05, 0.1) is 6.10 Å². The molecule has 4 aliphatic carbocycles. The van der Waals surface area contributed by atoms with Crippen LogP contribution in [0.3, 0.4) is 0 Å². The minimum atomic E-state index is -0.0327. The Morgan fingerprint density at radius 2 is 1.80 bits per heavy atom. The summed E-state index contributed by atoms with van der Waals surface area (Å²) in [5.74, 6) is 4.56. The summed E-state index contributed by atoms with van der Waals surface area (Å²) < 4.78 is 0. The maximum absolute atomic E-state index is 12.3. The van der Waals surface area contributed by atoms with E-state index in [1.807, 2.05) is 0 Å². The highest BCUT2D eigenvalue weighted by molar-refractivity contribution is 5.87. The van der Waals surface area contributed by atoms with Gasteiger partial charge in [-0.2, -0.15) is 0 Å². The minimum absolute atomic E-state index is 0.0299. The van der Waals surface area contributed by atoms with Crippen molar-refractivity contribution in [2.24, 2.45) is 35.0 Å². The second kappa shape index (κ2) is 4.56. The van der Waals surface area contributed by atoms with Gasteiger partial charge in [-0.1, -0.05) is 6.92 Å². The average molecular weight is 276 g/mol. The summed E-state index contributed by atoms with van der Waals surface area (Å²) in [6, 6.07) is 0. The number of carbonyl (C=O) groups is 1. The third-order valence-electron chi connectivity index (χ3n) is 7.64. The number of hydrogen-bond donors (Lipinski definition) is 1. The zero-order chi connectivity index (χ0) is 13.9. The Hall–Kier alpha value is -0.370. The van der Waals surface area contributed by atoms with Crippen molar-refractivity contribution in [3.8, 4) is 0 Å². The van der Waals surface area contributed by atoms with Crippen molar-refractivity contribution in [3.63, 3.8) is 0 Å². The SMILES string of the molecule is C[C@]12CC[C@H]3[C@@H](CCC4C[C@H](O)CC[C@@H]43)[C@@H]1CCC2=O. The van der Waals surface area contributed by atoms with E-state index in [4.69, 9.17) is 0 Å². The van der Waals surface area contributed by atoms with Gasteiger partial charge in [0.2, 0.25) is 0 Å². The van der Waals surface area contributed by atoms with E-state index in [1.54, 1.807) is 0 Å². The van der Waals surface area contributed by atoms with E-state index in [9.17, 15) is 9.90 Å². The van der Waals surface area contributed by atoms with Gasteiger partial charge in [-0.25, -0.2) is 0 Å². The van der Waals surface area contributed by atoms with E-state index in [2.05, 4.69) is 6.92 Å². The molecule has 1 N–H and O–H groups in total. The minimum Gasteiger partial charge on any atom is -0.393 e. The third kappa shape index (κ3) is 1.76. The predicted molar refractivity (Wildman–Crippen MR) is 78.1 cm³/mol. The quantitative estimate of drug-likeness (QED) is 0.734. The van der Waals surface area contributed by atoms with E-state index < -0.39 is 0 Å². The summed E-state index contributed by atoms with van der Waals surface area (Å²) in [5, 5.41) is 9.93. The Bertz CT molecular complexity index is 418. The normalized spacial score (nSPS) is 55.0. The standard InChI is InChI=1S/C18H28O2/c1-18-9-8-14-13-5-3-12(19)10-11(13)2-4-15(14)16(18)6-7-17(18)20/h11-16,19H,2-10H2,1H3/t11?,12-,13+,14-,15-,16+,18+/m1/s1. The highest BCUT2D eigenvalue weighted by Gasteiger charge is 2.56. The molecule has 4 aliphatic rings. The third-order valence-corrected chi connectivity index (χ3v) is 7.64. The van der Waals surface area contributed by atoms with E-state index in [0.29, 0.717) is 11.7 Å². The van der Waals surface area contributed by atoms with Gasteiger partial charge < -0.3 is 5.11 Å². The van der Waals surface area contributed by atoms with Crippen LogP contribution >= 0.6 is 0 Å². The maximum atomic E-state index is 12.3. The molecule has 0 aromatic rings. The molecule has 7 atom stereocenters. The summed E-state index contributed by atoms with van der Waals surface area (Å²) in [5.41, 5.74) is 0.0299. The number of carbonyl (C=O) groups excluding carboxylic acids is 1. The van der Waals surface area contributed by atoms with Crippen LogP contribution in [0, 0.1) is 35.0 Å². The summed E-state index contributed by atoms with van der Waals surface area (Å²) in [7, 11) is 0. The van der Waals surface area contributed by atoms with Crippen molar-refractivity contribution >= 4 is 5.78 Å². The Labute approximate surface area is 122 Å². The average Bonchev–Trinajstić information content (AvgIpc) is 2.74. The Kier molecular flexibility index (Phi) is 3.03. The second-order valence-electron chi connectivity index (χ2n) is 8.32. The van der Waals surface area contributed by atoms with Crippen LogP contribution in [0.5, 0.6) is 0 Å². The molecule has 0 heterocycles. The van der Waals surface area contributed by atoms with Crippen LogP contribution in [-0.4, -0.2) is 17.0 Å². The monoisotopic (exact) mass is 276 g/mol. The maximum Gasteiger partial charge on any atom is 0.139 e. The molecule has 0 spiro atoms. The molecule has 0 saturated heterocycles. The van der Waals surface area contributed by atoms with Crippen molar-refractivity contribution in [2.75, 3.05) is 0 Å².